The number of fused-ring (bicyclic) bond motifs is 1. The van der Waals surface area contributed by atoms with Crippen LogP contribution in [-0.2, 0) is 0 Å². The van der Waals surface area contributed by atoms with Gasteiger partial charge in [0, 0.05) is 5.92 Å². The molecule has 0 aliphatic rings. The van der Waals surface area contributed by atoms with Gasteiger partial charge in [0.1, 0.15) is 5.82 Å². The molecule has 0 aliphatic heterocycles. The average Bonchev–Trinajstić information content (AvgIpc) is 2.76. The Morgan fingerprint density at radius 3 is 2.58 bits per heavy atom. The van der Waals surface area contributed by atoms with Gasteiger partial charge in [-0.05, 0) is 25.1 Å². The van der Waals surface area contributed by atoms with Crippen LogP contribution in [0.4, 0.5) is 0 Å². The fourth-order valence-corrected chi connectivity index (χ4v) is 2.20. The second-order valence-corrected chi connectivity index (χ2v) is 5.03. The number of carboxylic acid groups (broad SMARTS) is 1. The molecule has 0 aliphatic carbocycles. The van der Waals surface area contributed by atoms with Crippen LogP contribution in [0.5, 0.6) is 0 Å². The van der Waals surface area contributed by atoms with Crippen LogP contribution in [0.1, 0.15) is 48.9 Å². The summed E-state index contributed by atoms with van der Waals surface area (Å²) < 4.78 is 1.98. The number of rotatable bonds is 4. The number of imidazole rings is 1. The molecule has 1 aromatic heterocycles. The van der Waals surface area contributed by atoms with E-state index in [1.165, 1.54) is 0 Å². The van der Waals surface area contributed by atoms with Crippen molar-refractivity contribution in [1.29, 1.82) is 0 Å². The molecule has 0 saturated carbocycles. The molecular formula is C14H18N2O3. The van der Waals surface area contributed by atoms with Crippen LogP contribution in [0.15, 0.2) is 18.2 Å². The van der Waals surface area contributed by atoms with Crippen molar-refractivity contribution in [2.75, 3.05) is 6.61 Å². The van der Waals surface area contributed by atoms with Gasteiger partial charge in [0.25, 0.3) is 0 Å². The van der Waals surface area contributed by atoms with E-state index in [4.69, 9.17) is 5.11 Å². The normalized spacial score (nSPS) is 13.1. The third kappa shape index (κ3) is 2.33. The van der Waals surface area contributed by atoms with E-state index in [0.717, 1.165) is 11.3 Å². The smallest absolute Gasteiger partial charge is 0.335 e. The van der Waals surface area contributed by atoms with E-state index in [1.54, 1.807) is 18.2 Å². The zero-order valence-corrected chi connectivity index (χ0v) is 11.3. The Kier molecular flexibility index (Phi) is 3.57. The highest BCUT2D eigenvalue weighted by Gasteiger charge is 2.18. The Labute approximate surface area is 111 Å². The van der Waals surface area contributed by atoms with Gasteiger partial charge in [-0.1, -0.05) is 13.8 Å². The number of nitrogens with zero attached hydrogens (tertiary/aromatic N) is 2. The van der Waals surface area contributed by atoms with Gasteiger partial charge in [-0.2, -0.15) is 0 Å². The van der Waals surface area contributed by atoms with E-state index in [0.29, 0.717) is 5.52 Å². The lowest BCUT2D eigenvalue weighted by Crippen LogP contribution is -2.13. The number of aromatic nitrogens is 2. The number of aliphatic hydroxyl groups excluding tert-OH is 1. The first-order valence-electron chi connectivity index (χ1n) is 6.31. The molecule has 0 bridgehead atoms. The second-order valence-electron chi connectivity index (χ2n) is 5.03. The Hall–Kier alpha value is -1.88. The molecule has 5 nitrogen and oxygen atoms in total. The molecule has 102 valence electrons. The van der Waals surface area contributed by atoms with Crippen molar-refractivity contribution in [2.45, 2.75) is 32.7 Å². The first-order valence-corrected chi connectivity index (χ1v) is 6.31. The lowest BCUT2D eigenvalue weighted by atomic mass is 10.2. The Morgan fingerprint density at radius 1 is 1.37 bits per heavy atom. The molecule has 0 saturated heterocycles. The number of hydrogen-bond acceptors (Lipinski definition) is 3. The lowest BCUT2D eigenvalue weighted by Gasteiger charge is -2.16. The van der Waals surface area contributed by atoms with Crippen LogP contribution >= 0.6 is 0 Å². The molecular weight excluding hydrogens is 244 g/mol. The summed E-state index contributed by atoms with van der Waals surface area (Å²) in [4.78, 5) is 15.5. The molecule has 0 radical (unpaired) electrons. The van der Waals surface area contributed by atoms with E-state index in [-0.39, 0.29) is 24.1 Å². The van der Waals surface area contributed by atoms with E-state index in [2.05, 4.69) is 4.98 Å². The average molecular weight is 262 g/mol. The third-order valence-corrected chi connectivity index (χ3v) is 3.19. The van der Waals surface area contributed by atoms with Crippen LogP contribution in [0.2, 0.25) is 0 Å². The highest BCUT2D eigenvalue weighted by atomic mass is 16.4. The van der Waals surface area contributed by atoms with Crippen LogP contribution in [-0.4, -0.2) is 32.3 Å². The standard InChI is InChI=1S/C14H18N2O3/c1-8(2)13-15-11-6-10(14(18)19)4-5-12(11)16(13)9(3)7-17/h4-6,8-9,17H,7H2,1-3H3,(H,18,19). The Bertz CT molecular complexity index is 616. The summed E-state index contributed by atoms with van der Waals surface area (Å²) >= 11 is 0. The van der Waals surface area contributed by atoms with Crippen molar-refractivity contribution in [2.24, 2.45) is 0 Å². The molecule has 19 heavy (non-hydrogen) atoms. The van der Waals surface area contributed by atoms with Gasteiger partial charge in [-0.25, -0.2) is 9.78 Å². The van der Waals surface area contributed by atoms with Gasteiger partial charge < -0.3 is 14.8 Å². The van der Waals surface area contributed by atoms with Crippen LogP contribution in [0, 0.1) is 0 Å². The van der Waals surface area contributed by atoms with E-state index >= 15 is 0 Å². The first kappa shape index (κ1) is 13.5. The van der Waals surface area contributed by atoms with Gasteiger partial charge >= 0.3 is 5.97 Å². The van der Waals surface area contributed by atoms with Crippen LogP contribution in [0.3, 0.4) is 0 Å². The van der Waals surface area contributed by atoms with Gasteiger partial charge in [-0.15, -0.1) is 0 Å². The van der Waals surface area contributed by atoms with Gasteiger partial charge in [0.2, 0.25) is 0 Å². The van der Waals surface area contributed by atoms with E-state index < -0.39 is 5.97 Å². The minimum atomic E-state index is -0.960. The summed E-state index contributed by atoms with van der Waals surface area (Å²) in [6.07, 6.45) is 0. The van der Waals surface area contributed by atoms with Crippen LogP contribution < -0.4 is 0 Å². The fourth-order valence-electron chi connectivity index (χ4n) is 2.20. The number of aromatic carboxylic acids is 1. The number of hydrogen-bond donors (Lipinski definition) is 2. The second kappa shape index (κ2) is 5.01. The molecule has 0 fully saturated rings. The van der Waals surface area contributed by atoms with Crippen molar-refractivity contribution in [3.8, 4) is 0 Å². The number of carbonyl (C=O) groups is 1. The summed E-state index contributed by atoms with van der Waals surface area (Å²) in [6.45, 7) is 5.99. The maximum atomic E-state index is 11.0. The Morgan fingerprint density at radius 2 is 2.05 bits per heavy atom. The molecule has 0 amide bonds. The summed E-state index contributed by atoms with van der Waals surface area (Å²) in [5.74, 6) is 0.103. The first-order chi connectivity index (χ1) is 8.95. The van der Waals surface area contributed by atoms with E-state index in [1.807, 2.05) is 25.3 Å². The van der Waals surface area contributed by atoms with Crippen molar-refractivity contribution >= 4 is 17.0 Å². The third-order valence-electron chi connectivity index (χ3n) is 3.19. The molecule has 0 spiro atoms. The zero-order chi connectivity index (χ0) is 14.2. The highest BCUT2D eigenvalue weighted by Crippen LogP contribution is 2.26. The van der Waals surface area contributed by atoms with Gasteiger partial charge in [-0.3, -0.25) is 0 Å². The molecule has 5 heteroatoms. The summed E-state index contributed by atoms with van der Waals surface area (Å²) in [5.41, 5.74) is 1.74. The maximum absolute atomic E-state index is 11.0. The quantitative estimate of drug-likeness (QED) is 0.887. The van der Waals surface area contributed by atoms with Gasteiger partial charge in [0.15, 0.2) is 0 Å². The number of aliphatic hydroxyl groups is 1. The maximum Gasteiger partial charge on any atom is 0.335 e. The molecule has 2 aromatic rings. The number of carboxylic acids is 1. The van der Waals surface area contributed by atoms with Crippen molar-refractivity contribution in [3.63, 3.8) is 0 Å². The van der Waals surface area contributed by atoms with Crippen molar-refractivity contribution in [3.05, 3.63) is 29.6 Å². The van der Waals surface area contributed by atoms with Gasteiger partial charge in [0.05, 0.1) is 29.2 Å². The molecule has 1 atom stereocenters. The lowest BCUT2D eigenvalue weighted by molar-refractivity contribution is 0.0697. The topological polar surface area (TPSA) is 75.3 Å². The summed E-state index contributed by atoms with van der Waals surface area (Å²) in [5, 5.41) is 18.4. The SMILES string of the molecule is CC(C)c1nc2cc(C(=O)O)ccc2n1C(C)CO. The monoisotopic (exact) mass is 262 g/mol. The summed E-state index contributed by atoms with van der Waals surface area (Å²) in [6, 6.07) is 4.81. The fraction of sp³-hybridized carbons (Fsp3) is 0.429. The molecule has 1 aromatic carbocycles. The Balaban J connectivity index is 2.70. The highest BCUT2D eigenvalue weighted by molar-refractivity contribution is 5.92. The minimum absolute atomic E-state index is 0.0197. The molecule has 2 rings (SSSR count). The largest absolute Gasteiger partial charge is 0.478 e. The zero-order valence-electron chi connectivity index (χ0n) is 11.3. The molecule has 2 N–H and O–H groups in total. The number of benzene rings is 1. The van der Waals surface area contributed by atoms with E-state index in [9.17, 15) is 9.90 Å². The molecule has 1 heterocycles. The van der Waals surface area contributed by atoms with Crippen LogP contribution in [0.25, 0.3) is 11.0 Å². The summed E-state index contributed by atoms with van der Waals surface area (Å²) in [7, 11) is 0. The van der Waals surface area contributed by atoms with Crippen molar-refractivity contribution < 1.29 is 15.0 Å². The minimum Gasteiger partial charge on any atom is -0.478 e. The molecule has 1 unspecified atom stereocenters. The predicted molar refractivity (Wildman–Crippen MR) is 72.6 cm³/mol. The van der Waals surface area contributed by atoms with Crippen molar-refractivity contribution in [1.82, 2.24) is 9.55 Å². The predicted octanol–water partition coefficient (Wildman–Crippen LogP) is 2.41.